The lowest BCUT2D eigenvalue weighted by molar-refractivity contribution is -0.122. The van der Waals surface area contributed by atoms with E-state index in [9.17, 15) is 9.59 Å². The fourth-order valence-electron chi connectivity index (χ4n) is 1.97. The summed E-state index contributed by atoms with van der Waals surface area (Å²) >= 11 is 6.87. The Morgan fingerprint density at radius 3 is 2.33 bits per heavy atom. The molecule has 0 bridgehead atoms. The number of hydrogen-bond donors (Lipinski definition) is 1. The van der Waals surface area contributed by atoms with E-state index in [1.54, 1.807) is 13.0 Å². The van der Waals surface area contributed by atoms with Crippen molar-refractivity contribution in [1.29, 1.82) is 0 Å². The second kappa shape index (κ2) is 6.62. The highest BCUT2D eigenvalue weighted by Crippen LogP contribution is 2.35. The number of nitrogens with zero attached hydrogens (tertiary/aromatic N) is 1. The summed E-state index contributed by atoms with van der Waals surface area (Å²) < 4.78 is 7.05. The molecular weight excluding hydrogens is 404 g/mol. The first-order valence-electron chi connectivity index (χ1n) is 6.44. The number of rotatable bonds is 4. The summed E-state index contributed by atoms with van der Waals surface area (Å²) in [6.45, 7) is 4.56. The number of likely N-dealkylation sites (N-methyl/N-ethyl adjacent to an activating group) is 1. The lowest BCUT2D eigenvalue weighted by Crippen LogP contribution is -2.30. The summed E-state index contributed by atoms with van der Waals surface area (Å²) in [5.74, 6) is 0.389. The Morgan fingerprint density at radius 1 is 1.24 bits per heavy atom. The van der Waals surface area contributed by atoms with Crippen LogP contribution in [0.1, 0.15) is 19.4 Å². The van der Waals surface area contributed by atoms with Gasteiger partial charge in [0.1, 0.15) is 11.4 Å². The highest BCUT2D eigenvalue weighted by atomic mass is 79.9. The predicted octanol–water partition coefficient (Wildman–Crippen LogP) is 3.52. The van der Waals surface area contributed by atoms with Crippen molar-refractivity contribution >= 4 is 49.9 Å². The molecule has 0 radical (unpaired) electrons. The van der Waals surface area contributed by atoms with Crippen LogP contribution in [0.25, 0.3) is 6.08 Å². The number of urea groups is 1. The second-order valence-electron chi connectivity index (χ2n) is 4.28. The Hall–Kier alpha value is -1.34. The molecule has 5 nitrogen and oxygen atoms in total. The van der Waals surface area contributed by atoms with Gasteiger partial charge in [0, 0.05) is 6.54 Å². The molecule has 0 aliphatic carbocycles. The first-order chi connectivity index (χ1) is 9.97. The molecule has 1 heterocycles. The zero-order valence-electron chi connectivity index (χ0n) is 11.6. The molecule has 21 heavy (non-hydrogen) atoms. The van der Waals surface area contributed by atoms with Gasteiger partial charge in [0.25, 0.3) is 5.91 Å². The van der Waals surface area contributed by atoms with Gasteiger partial charge in [-0.15, -0.1) is 0 Å². The van der Waals surface area contributed by atoms with E-state index in [1.807, 2.05) is 19.1 Å². The Kier molecular flexibility index (Phi) is 5.05. The number of ether oxygens (including phenoxy) is 1. The maximum absolute atomic E-state index is 12.0. The van der Waals surface area contributed by atoms with Crippen molar-refractivity contribution in [3.63, 3.8) is 0 Å². The summed E-state index contributed by atoms with van der Waals surface area (Å²) in [7, 11) is 0. The quantitative estimate of drug-likeness (QED) is 0.602. The summed E-state index contributed by atoms with van der Waals surface area (Å²) in [5.41, 5.74) is 1.05. The molecule has 112 valence electrons. The van der Waals surface area contributed by atoms with Crippen LogP contribution in [0.15, 0.2) is 26.8 Å². The Morgan fingerprint density at radius 2 is 1.86 bits per heavy atom. The monoisotopic (exact) mass is 416 g/mol. The van der Waals surface area contributed by atoms with Gasteiger partial charge in [-0.3, -0.25) is 9.69 Å². The lowest BCUT2D eigenvalue weighted by Gasteiger charge is -2.09. The Bertz CT molecular complexity index is 606. The third kappa shape index (κ3) is 3.29. The van der Waals surface area contributed by atoms with Gasteiger partial charge in [-0.2, -0.15) is 0 Å². The van der Waals surface area contributed by atoms with E-state index in [-0.39, 0.29) is 11.6 Å². The van der Waals surface area contributed by atoms with Crippen LogP contribution >= 0.6 is 31.9 Å². The third-order valence-electron chi connectivity index (χ3n) is 2.90. The fourth-order valence-corrected chi connectivity index (χ4v) is 3.42. The Balaban J connectivity index is 2.34. The minimum Gasteiger partial charge on any atom is -0.492 e. The second-order valence-corrected chi connectivity index (χ2v) is 5.99. The van der Waals surface area contributed by atoms with Crippen LogP contribution in [0.4, 0.5) is 4.79 Å². The number of amides is 3. The van der Waals surface area contributed by atoms with Crippen LogP contribution in [0, 0.1) is 0 Å². The normalized spacial score (nSPS) is 16.6. The van der Waals surface area contributed by atoms with Crippen LogP contribution in [-0.4, -0.2) is 30.0 Å². The molecule has 7 heteroatoms. The SMILES string of the molecule is CCOc1c(Br)cc(/C=C2/NC(=O)N(CC)C2=O)cc1Br. The van der Waals surface area contributed by atoms with Gasteiger partial charge >= 0.3 is 6.03 Å². The average molecular weight is 418 g/mol. The van der Waals surface area contributed by atoms with Crippen LogP contribution in [0.3, 0.4) is 0 Å². The van der Waals surface area contributed by atoms with E-state index in [1.165, 1.54) is 0 Å². The van der Waals surface area contributed by atoms with Gasteiger partial charge in [-0.25, -0.2) is 4.79 Å². The number of hydrogen-bond acceptors (Lipinski definition) is 3. The number of carbonyl (C=O) groups is 2. The number of nitrogens with one attached hydrogen (secondary N) is 1. The third-order valence-corrected chi connectivity index (χ3v) is 4.08. The summed E-state index contributed by atoms with van der Waals surface area (Å²) in [5, 5.41) is 2.57. The number of carbonyl (C=O) groups excluding carboxylic acids is 2. The smallest absolute Gasteiger partial charge is 0.328 e. The van der Waals surface area contributed by atoms with Crippen LogP contribution < -0.4 is 10.1 Å². The minimum absolute atomic E-state index is 0.268. The van der Waals surface area contributed by atoms with Crippen molar-refractivity contribution in [2.75, 3.05) is 13.2 Å². The summed E-state index contributed by atoms with van der Waals surface area (Å²) in [4.78, 5) is 24.8. The standard InChI is InChI=1S/C14H14Br2N2O3/c1-3-18-13(19)11(17-14(18)20)7-8-5-9(15)12(21-4-2)10(16)6-8/h5-7H,3-4H2,1-2H3,(H,17,20)/b11-7+. The van der Waals surface area contributed by atoms with E-state index in [4.69, 9.17) is 4.74 Å². The van der Waals surface area contributed by atoms with Crippen molar-refractivity contribution in [3.8, 4) is 5.75 Å². The minimum atomic E-state index is -0.391. The van der Waals surface area contributed by atoms with Crippen molar-refractivity contribution in [2.45, 2.75) is 13.8 Å². The van der Waals surface area contributed by atoms with E-state index in [0.717, 1.165) is 19.4 Å². The molecule has 0 aromatic heterocycles. The molecule has 3 amide bonds. The topological polar surface area (TPSA) is 58.6 Å². The molecular formula is C14H14Br2N2O3. The lowest BCUT2D eigenvalue weighted by atomic mass is 10.2. The van der Waals surface area contributed by atoms with Gasteiger partial charge in [-0.1, -0.05) is 0 Å². The predicted molar refractivity (Wildman–Crippen MR) is 86.9 cm³/mol. The molecule has 0 unspecified atom stereocenters. The van der Waals surface area contributed by atoms with Gasteiger partial charge in [0.05, 0.1) is 15.6 Å². The maximum atomic E-state index is 12.0. The van der Waals surface area contributed by atoms with E-state index in [0.29, 0.717) is 18.9 Å². The highest BCUT2D eigenvalue weighted by Gasteiger charge is 2.32. The van der Waals surface area contributed by atoms with Gasteiger partial charge in [-0.05, 0) is 69.5 Å². The van der Waals surface area contributed by atoms with Gasteiger partial charge in [0.2, 0.25) is 0 Å². The van der Waals surface area contributed by atoms with Crippen molar-refractivity contribution < 1.29 is 14.3 Å². The van der Waals surface area contributed by atoms with E-state index in [2.05, 4.69) is 37.2 Å². The van der Waals surface area contributed by atoms with Crippen LogP contribution in [0.5, 0.6) is 5.75 Å². The fraction of sp³-hybridized carbons (Fsp3) is 0.286. The molecule has 2 rings (SSSR count). The van der Waals surface area contributed by atoms with Crippen molar-refractivity contribution in [2.24, 2.45) is 0 Å². The maximum Gasteiger partial charge on any atom is 0.328 e. The Labute approximate surface area is 139 Å². The zero-order chi connectivity index (χ0) is 15.6. The first-order valence-corrected chi connectivity index (χ1v) is 8.02. The molecule has 1 saturated heterocycles. The molecule has 1 aromatic carbocycles. The molecule has 0 saturated carbocycles. The van der Waals surface area contributed by atoms with Crippen molar-refractivity contribution in [1.82, 2.24) is 10.2 Å². The van der Waals surface area contributed by atoms with Crippen LogP contribution in [-0.2, 0) is 4.79 Å². The molecule has 1 aliphatic heterocycles. The van der Waals surface area contributed by atoms with E-state index >= 15 is 0 Å². The average Bonchev–Trinajstić information content (AvgIpc) is 2.68. The molecule has 0 spiro atoms. The first kappa shape index (κ1) is 16.0. The summed E-state index contributed by atoms with van der Waals surface area (Å²) in [6.07, 6.45) is 1.64. The van der Waals surface area contributed by atoms with Gasteiger partial charge in [0.15, 0.2) is 0 Å². The number of halogens is 2. The van der Waals surface area contributed by atoms with Gasteiger partial charge < -0.3 is 10.1 Å². The summed E-state index contributed by atoms with van der Waals surface area (Å²) in [6, 6.07) is 3.27. The molecule has 1 N–H and O–H groups in total. The van der Waals surface area contributed by atoms with Crippen LogP contribution in [0.2, 0.25) is 0 Å². The number of benzene rings is 1. The molecule has 0 atom stereocenters. The molecule has 1 aliphatic rings. The largest absolute Gasteiger partial charge is 0.492 e. The zero-order valence-corrected chi connectivity index (χ0v) is 14.7. The van der Waals surface area contributed by atoms with Crippen molar-refractivity contribution in [3.05, 3.63) is 32.3 Å². The molecule has 1 fully saturated rings. The number of imide groups is 1. The molecule has 1 aromatic rings. The van der Waals surface area contributed by atoms with E-state index < -0.39 is 6.03 Å². The highest BCUT2D eigenvalue weighted by molar-refractivity contribution is 9.11.